The molecule has 140 valence electrons. The van der Waals surface area contributed by atoms with Gasteiger partial charge in [-0.15, -0.1) is 0 Å². The Labute approximate surface area is 154 Å². The van der Waals surface area contributed by atoms with E-state index in [9.17, 15) is 9.59 Å². The van der Waals surface area contributed by atoms with Gasteiger partial charge in [-0.1, -0.05) is 25.1 Å². The minimum absolute atomic E-state index is 0.0324. The van der Waals surface area contributed by atoms with Gasteiger partial charge in [-0.3, -0.25) is 9.59 Å². The lowest BCUT2D eigenvalue weighted by molar-refractivity contribution is -0.121. The third-order valence-electron chi connectivity index (χ3n) is 5.11. The van der Waals surface area contributed by atoms with Crippen LogP contribution in [0.2, 0.25) is 0 Å². The number of likely N-dealkylation sites (tertiary alicyclic amines) is 1. The van der Waals surface area contributed by atoms with Crippen LogP contribution in [0.1, 0.15) is 38.8 Å². The van der Waals surface area contributed by atoms with Crippen molar-refractivity contribution in [3.63, 3.8) is 0 Å². The molecule has 0 aliphatic carbocycles. The van der Waals surface area contributed by atoms with Crippen LogP contribution in [0.15, 0.2) is 29.1 Å². The molecule has 0 saturated carbocycles. The summed E-state index contributed by atoms with van der Waals surface area (Å²) in [4.78, 5) is 27.5. The Kier molecular flexibility index (Phi) is 6.04. The van der Waals surface area contributed by atoms with Crippen LogP contribution in [0.3, 0.4) is 0 Å². The second-order valence-electron chi connectivity index (χ2n) is 6.97. The number of nitrogens with one attached hydrogen (secondary N) is 1. The first-order chi connectivity index (χ1) is 12.6. The molecule has 1 unspecified atom stereocenters. The van der Waals surface area contributed by atoms with Gasteiger partial charge in [-0.25, -0.2) is 4.68 Å². The number of aromatic nitrogens is 2. The summed E-state index contributed by atoms with van der Waals surface area (Å²) in [5, 5.41) is 8.97. The fourth-order valence-electron chi connectivity index (χ4n) is 3.63. The molecule has 6 heteroatoms. The van der Waals surface area contributed by atoms with Crippen molar-refractivity contribution in [3.05, 3.63) is 40.3 Å². The molecule has 1 aromatic carbocycles. The molecule has 6 nitrogen and oxygen atoms in total. The summed E-state index contributed by atoms with van der Waals surface area (Å²) in [7, 11) is 0. The van der Waals surface area contributed by atoms with Gasteiger partial charge in [0, 0.05) is 24.5 Å². The van der Waals surface area contributed by atoms with Crippen molar-refractivity contribution in [2.45, 2.75) is 52.1 Å². The highest BCUT2D eigenvalue weighted by atomic mass is 16.2. The highest BCUT2D eigenvalue weighted by molar-refractivity contribution is 5.88. The number of carbonyl (C=O) groups excluding carboxylic acids is 1. The molecule has 2 heterocycles. The average molecular weight is 356 g/mol. The van der Waals surface area contributed by atoms with Gasteiger partial charge < -0.3 is 10.2 Å². The molecule has 1 saturated heterocycles. The number of fused-ring (bicyclic) bond motifs is 1. The topological polar surface area (TPSA) is 67.2 Å². The minimum atomic E-state index is -0.104. The zero-order valence-corrected chi connectivity index (χ0v) is 15.7. The lowest BCUT2D eigenvalue weighted by atomic mass is 10.1. The van der Waals surface area contributed by atoms with Crippen molar-refractivity contribution in [1.29, 1.82) is 0 Å². The van der Waals surface area contributed by atoms with Crippen LogP contribution >= 0.6 is 0 Å². The summed E-state index contributed by atoms with van der Waals surface area (Å²) in [6.07, 6.45) is 3.60. The molecule has 3 rings (SSSR count). The Hall–Kier alpha value is -2.21. The van der Waals surface area contributed by atoms with Crippen molar-refractivity contribution < 1.29 is 4.79 Å². The lowest BCUT2D eigenvalue weighted by Gasteiger charge is -2.23. The molecule has 1 N–H and O–H groups in total. The molecule has 0 bridgehead atoms. The number of nitrogens with zero attached hydrogens (tertiary/aromatic N) is 3. The Morgan fingerprint density at radius 1 is 1.19 bits per heavy atom. The molecule has 1 aromatic heterocycles. The first-order valence-corrected chi connectivity index (χ1v) is 9.62. The smallest absolute Gasteiger partial charge is 0.274 e. The van der Waals surface area contributed by atoms with Gasteiger partial charge in [0.15, 0.2) is 0 Å². The van der Waals surface area contributed by atoms with E-state index < -0.39 is 0 Å². The number of aryl methyl sites for hydroxylation is 1. The van der Waals surface area contributed by atoms with E-state index in [4.69, 9.17) is 0 Å². The van der Waals surface area contributed by atoms with Crippen molar-refractivity contribution in [2.75, 3.05) is 19.6 Å². The van der Waals surface area contributed by atoms with Gasteiger partial charge in [0.2, 0.25) is 5.91 Å². The third kappa shape index (κ3) is 4.12. The molecule has 1 fully saturated rings. The van der Waals surface area contributed by atoms with Crippen LogP contribution in [0.4, 0.5) is 0 Å². The van der Waals surface area contributed by atoms with Crippen LogP contribution in [0, 0.1) is 0 Å². The SMILES string of the molecule is CCC(CN1CCCC1)NC(=O)Cc1nn(CC)c(=O)c2ccccc12. The third-order valence-corrected chi connectivity index (χ3v) is 5.11. The van der Waals surface area contributed by atoms with Crippen molar-refractivity contribution >= 4 is 16.7 Å². The normalized spacial score (nSPS) is 16.1. The van der Waals surface area contributed by atoms with E-state index in [1.165, 1.54) is 17.5 Å². The molecule has 26 heavy (non-hydrogen) atoms. The first-order valence-electron chi connectivity index (χ1n) is 9.62. The number of rotatable bonds is 7. The van der Waals surface area contributed by atoms with Gasteiger partial charge in [0.25, 0.3) is 5.56 Å². The van der Waals surface area contributed by atoms with Crippen LogP contribution in [0.25, 0.3) is 10.8 Å². The molecule has 1 atom stereocenters. The molecular formula is C20H28N4O2. The highest BCUT2D eigenvalue weighted by Crippen LogP contribution is 2.14. The predicted molar refractivity (Wildman–Crippen MR) is 103 cm³/mol. The van der Waals surface area contributed by atoms with E-state index >= 15 is 0 Å². The summed E-state index contributed by atoms with van der Waals surface area (Å²) in [6, 6.07) is 7.55. The van der Waals surface area contributed by atoms with Gasteiger partial charge in [0.1, 0.15) is 0 Å². The van der Waals surface area contributed by atoms with E-state index in [2.05, 4.69) is 22.2 Å². The zero-order valence-electron chi connectivity index (χ0n) is 15.7. The van der Waals surface area contributed by atoms with Gasteiger partial charge in [-0.2, -0.15) is 5.10 Å². The van der Waals surface area contributed by atoms with Crippen molar-refractivity contribution in [3.8, 4) is 0 Å². The predicted octanol–water partition coefficient (Wildman–Crippen LogP) is 1.95. The highest BCUT2D eigenvalue weighted by Gasteiger charge is 2.19. The monoisotopic (exact) mass is 356 g/mol. The van der Waals surface area contributed by atoms with E-state index in [1.807, 2.05) is 25.1 Å². The maximum Gasteiger partial charge on any atom is 0.274 e. The van der Waals surface area contributed by atoms with E-state index in [0.717, 1.165) is 31.4 Å². The van der Waals surface area contributed by atoms with Crippen molar-refractivity contribution in [2.24, 2.45) is 0 Å². The second-order valence-corrected chi connectivity index (χ2v) is 6.97. The van der Waals surface area contributed by atoms with Gasteiger partial charge in [-0.05, 0) is 45.3 Å². The molecular weight excluding hydrogens is 328 g/mol. The summed E-state index contributed by atoms with van der Waals surface area (Å²) in [5.74, 6) is -0.0324. The quantitative estimate of drug-likeness (QED) is 0.823. The largest absolute Gasteiger partial charge is 0.352 e. The van der Waals surface area contributed by atoms with Crippen LogP contribution in [-0.2, 0) is 17.8 Å². The average Bonchev–Trinajstić information content (AvgIpc) is 3.16. The second kappa shape index (κ2) is 8.45. The Bertz CT molecular complexity index is 824. The number of amides is 1. The number of benzene rings is 1. The van der Waals surface area contributed by atoms with E-state index in [1.54, 1.807) is 6.07 Å². The summed E-state index contributed by atoms with van der Waals surface area (Å²) >= 11 is 0. The Morgan fingerprint density at radius 2 is 1.88 bits per heavy atom. The van der Waals surface area contributed by atoms with Gasteiger partial charge >= 0.3 is 0 Å². The molecule has 1 aliphatic rings. The van der Waals surface area contributed by atoms with E-state index in [-0.39, 0.29) is 23.9 Å². The molecule has 1 amide bonds. The lowest BCUT2D eigenvalue weighted by Crippen LogP contribution is -2.43. The fraction of sp³-hybridized carbons (Fsp3) is 0.550. The summed E-state index contributed by atoms with van der Waals surface area (Å²) in [6.45, 7) is 7.64. The number of hydrogen-bond donors (Lipinski definition) is 1. The molecule has 0 spiro atoms. The van der Waals surface area contributed by atoms with Crippen LogP contribution < -0.4 is 10.9 Å². The standard InChI is InChI=1S/C20H28N4O2/c1-3-15(14-23-11-7-8-12-23)21-19(25)13-18-16-9-5-6-10-17(16)20(26)24(4-2)22-18/h5-6,9-10,15H,3-4,7-8,11-14H2,1-2H3,(H,21,25). The maximum atomic E-state index is 12.6. The molecule has 0 radical (unpaired) electrons. The van der Waals surface area contributed by atoms with Crippen LogP contribution in [-0.4, -0.2) is 46.3 Å². The number of hydrogen-bond acceptors (Lipinski definition) is 4. The summed E-state index contributed by atoms with van der Waals surface area (Å²) in [5.41, 5.74) is 0.559. The Morgan fingerprint density at radius 3 is 2.54 bits per heavy atom. The van der Waals surface area contributed by atoms with Crippen LogP contribution in [0.5, 0.6) is 0 Å². The molecule has 1 aliphatic heterocycles. The zero-order chi connectivity index (χ0) is 18.5. The summed E-state index contributed by atoms with van der Waals surface area (Å²) < 4.78 is 1.44. The fourth-order valence-corrected chi connectivity index (χ4v) is 3.63. The maximum absolute atomic E-state index is 12.6. The number of carbonyl (C=O) groups is 1. The first kappa shape index (κ1) is 18.6. The minimum Gasteiger partial charge on any atom is -0.352 e. The molecule has 2 aromatic rings. The van der Waals surface area contributed by atoms with Gasteiger partial charge in [0.05, 0.1) is 17.5 Å². The van der Waals surface area contributed by atoms with E-state index in [0.29, 0.717) is 17.6 Å². The Balaban J connectivity index is 1.76. The van der Waals surface area contributed by atoms with Crippen molar-refractivity contribution in [1.82, 2.24) is 20.0 Å².